The lowest BCUT2D eigenvalue weighted by molar-refractivity contribution is -0.132. The van der Waals surface area contributed by atoms with Crippen LogP contribution in [-0.2, 0) is 4.79 Å². The first-order valence-electron chi connectivity index (χ1n) is 3.87. The van der Waals surface area contributed by atoms with Gasteiger partial charge in [-0.2, -0.15) is 0 Å². The van der Waals surface area contributed by atoms with Crippen LogP contribution in [-0.4, -0.2) is 11.1 Å². The summed E-state index contributed by atoms with van der Waals surface area (Å²) in [5.41, 5.74) is 0.624. The first-order chi connectivity index (χ1) is 6.50. The monoisotopic (exact) mass is 214 g/mol. The molecule has 4 heteroatoms. The van der Waals surface area contributed by atoms with Gasteiger partial charge in [0.05, 0.1) is 5.02 Å². The first kappa shape index (κ1) is 10.7. The fraction of sp³-hybridized carbons (Fsp3) is 0.100. The minimum absolute atomic E-state index is 0.0233. The molecule has 2 nitrogen and oxygen atoms in total. The topological polar surface area (TPSA) is 37.3 Å². The molecule has 0 saturated heterocycles. The number of aliphatic carboxylic acids is 1. The van der Waals surface area contributed by atoms with E-state index in [1.807, 2.05) is 0 Å². The Bertz CT molecular complexity index is 399. The summed E-state index contributed by atoms with van der Waals surface area (Å²) in [5.74, 6) is -1.58. The van der Waals surface area contributed by atoms with Gasteiger partial charge in [-0.25, -0.2) is 9.18 Å². The summed E-state index contributed by atoms with van der Waals surface area (Å²) in [6.45, 7) is 1.44. The minimum atomic E-state index is -1.03. The zero-order valence-electron chi connectivity index (χ0n) is 7.42. The Hall–Kier alpha value is -1.35. The van der Waals surface area contributed by atoms with Crippen LogP contribution in [0.3, 0.4) is 0 Å². The van der Waals surface area contributed by atoms with E-state index in [1.54, 1.807) is 6.07 Å². The molecule has 0 saturated carbocycles. The van der Waals surface area contributed by atoms with Gasteiger partial charge in [-0.15, -0.1) is 0 Å². The average Bonchev–Trinajstić information content (AvgIpc) is 2.11. The lowest BCUT2D eigenvalue weighted by Gasteiger charge is -1.97. The third-order valence-corrected chi connectivity index (χ3v) is 1.97. The third kappa shape index (κ3) is 2.57. The average molecular weight is 215 g/mol. The number of carbonyl (C=O) groups is 1. The number of benzene rings is 1. The maximum Gasteiger partial charge on any atom is 0.331 e. The molecule has 0 aliphatic heterocycles. The molecule has 0 spiro atoms. The Morgan fingerprint density at radius 1 is 1.57 bits per heavy atom. The van der Waals surface area contributed by atoms with E-state index >= 15 is 0 Å². The van der Waals surface area contributed by atoms with Gasteiger partial charge in [-0.1, -0.05) is 17.7 Å². The number of carboxylic acid groups (broad SMARTS) is 1. The molecule has 0 bridgehead atoms. The van der Waals surface area contributed by atoms with Crippen LogP contribution in [0.25, 0.3) is 6.08 Å². The van der Waals surface area contributed by atoms with Gasteiger partial charge in [0.15, 0.2) is 0 Å². The Morgan fingerprint density at radius 2 is 2.21 bits per heavy atom. The van der Waals surface area contributed by atoms with Crippen LogP contribution in [0.4, 0.5) is 4.39 Å². The fourth-order valence-electron chi connectivity index (χ4n) is 0.914. The molecule has 1 aromatic rings. The normalized spacial score (nSPS) is 11.5. The summed E-state index contributed by atoms with van der Waals surface area (Å²) in [7, 11) is 0. The molecule has 0 fully saturated rings. The van der Waals surface area contributed by atoms with Crippen molar-refractivity contribution < 1.29 is 14.3 Å². The van der Waals surface area contributed by atoms with Crippen LogP contribution in [0.5, 0.6) is 0 Å². The van der Waals surface area contributed by atoms with Crippen molar-refractivity contribution in [1.82, 2.24) is 0 Å². The molecule has 0 amide bonds. The number of hydrogen-bond acceptors (Lipinski definition) is 1. The van der Waals surface area contributed by atoms with Crippen LogP contribution in [0, 0.1) is 5.82 Å². The van der Waals surface area contributed by atoms with Crippen molar-refractivity contribution in [3.05, 3.63) is 40.2 Å². The molecule has 0 atom stereocenters. The van der Waals surface area contributed by atoms with Crippen LogP contribution >= 0.6 is 11.6 Å². The van der Waals surface area contributed by atoms with Crippen LogP contribution < -0.4 is 0 Å². The Kier molecular flexibility index (Phi) is 3.25. The molecule has 14 heavy (non-hydrogen) atoms. The van der Waals surface area contributed by atoms with Crippen LogP contribution in [0.15, 0.2) is 23.8 Å². The van der Waals surface area contributed by atoms with Gasteiger partial charge >= 0.3 is 5.97 Å². The molecule has 1 aromatic carbocycles. The Labute approximate surface area is 85.6 Å². The van der Waals surface area contributed by atoms with Crippen molar-refractivity contribution in [2.24, 2.45) is 0 Å². The SMILES string of the molecule is CC(=Cc1ccc(Cl)c(F)c1)C(=O)O. The first-order valence-corrected chi connectivity index (χ1v) is 4.25. The molecule has 0 aliphatic rings. The predicted molar refractivity (Wildman–Crippen MR) is 52.7 cm³/mol. The Balaban J connectivity index is 3.04. The summed E-state index contributed by atoms with van der Waals surface area (Å²) in [5, 5.41) is 8.60. The van der Waals surface area contributed by atoms with Gasteiger partial charge in [-0.3, -0.25) is 0 Å². The molecule has 0 unspecified atom stereocenters. The van der Waals surface area contributed by atoms with Gasteiger partial charge in [0.25, 0.3) is 0 Å². The highest BCUT2D eigenvalue weighted by molar-refractivity contribution is 6.30. The summed E-state index contributed by atoms with van der Waals surface area (Å²) >= 11 is 5.47. The largest absolute Gasteiger partial charge is 0.478 e. The van der Waals surface area contributed by atoms with Crippen molar-refractivity contribution in [1.29, 1.82) is 0 Å². The zero-order valence-corrected chi connectivity index (χ0v) is 8.18. The summed E-state index contributed by atoms with van der Waals surface area (Å²) in [6.07, 6.45) is 1.38. The number of halogens is 2. The highest BCUT2D eigenvalue weighted by Crippen LogP contribution is 2.17. The van der Waals surface area contributed by atoms with E-state index in [1.165, 1.54) is 25.1 Å². The second-order valence-corrected chi connectivity index (χ2v) is 3.21. The summed E-state index contributed by atoms with van der Waals surface area (Å²) < 4.78 is 12.9. The summed E-state index contributed by atoms with van der Waals surface area (Å²) in [4.78, 5) is 10.5. The number of rotatable bonds is 2. The van der Waals surface area contributed by atoms with E-state index in [9.17, 15) is 9.18 Å². The maximum atomic E-state index is 12.9. The van der Waals surface area contributed by atoms with Gasteiger partial charge in [0, 0.05) is 5.57 Å². The van der Waals surface area contributed by atoms with E-state index in [4.69, 9.17) is 16.7 Å². The highest BCUT2D eigenvalue weighted by Gasteiger charge is 2.02. The van der Waals surface area contributed by atoms with Crippen molar-refractivity contribution in [2.75, 3.05) is 0 Å². The number of carboxylic acids is 1. The molecule has 1 rings (SSSR count). The van der Waals surface area contributed by atoms with E-state index in [2.05, 4.69) is 0 Å². The van der Waals surface area contributed by atoms with Crippen LogP contribution in [0.1, 0.15) is 12.5 Å². The highest BCUT2D eigenvalue weighted by atomic mass is 35.5. The van der Waals surface area contributed by atoms with E-state index in [-0.39, 0.29) is 10.6 Å². The molecule has 0 radical (unpaired) electrons. The predicted octanol–water partition coefficient (Wildman–Crippen LogP) is 2.97. The fourth-order valence-corrected chi connectivity index (χ4v) is 1.03. The zero-order chi connectivity index (χ0) is 10.7. The standard InChI is InChI=1S/C10H8ClFO2/c1-6(10(13)14)4-7-2-3-8(11)9(12)5-7/h2-5H,1H3,(H,13,14). The molecule has 0 aromatic heterocycles. The lowest BCUT2D eigenvalue weighted by atomic mass is 10.1. The van der Waals surface area contributed by atoms with E-state index in [0.29, 0.717) is 5.56 Å². The van der Waals surface area contributed by atoms with Gasteiger partial charge < -0.3 is 5.11 Å². The smallest absolute Gasteiger partial charge is 0.331 e. The molecule has 1 N–H and O–H groups in total. The molecule has 0 heterocycles. The van der Waals surface area contributed by atoms with Gasteiger partial charge in [0.1, 0.15) is 5.82 Å². The second-order valence-electron chi connectivity index (χ2n) is 2.81. The van der Waals surface area contributed by atoms with E-state index < -0.39 is 11.8 Å². The second kappa shape index (κ2) is 4.24. The maximum absolute atomic E-state index is 12.9. The molecule has 0 aliphatic carbocycles. The van der Waals surface area contributed by atoms with E-state index in [0.717, 1.165) is 0 Å². The van der Waals surface area contributed by atoms with Gasteiger partial charge in [0.2, 0.25) is 0 Å². The minimum Gasteiger partial charge on any atom is -0.478 e. The molecular weight excluding hydrogens is 207 g/mol. The molecule has 74 valence electrons. The van der Waals surface area contributed by atoms with Crippen molar-refractivity contribution in [3.8, 4) is 0 Å². The summed E-state index contributed by atoms with van der Waals surface area (Å²) in [6, 6.07) is 4.13. The number of hydrogen-bond donors (Lipinski definition) is 1. The third-order valence-electron chi connectivity index (χ3n) is 1.66. The van der Waals surface area contributed by atoms with Crippen LogP contribution in [0.2, 0.25) is 5.02 Å². The van der Waals surface area contributed by atoms with Crippen molar-refractivity contribution in [2.45, 2.75) is 6.92 Å². The van der Waals surface area contributed by atoms with Crippen molar-refractivity contribution in [3.63, 3.8) is 0 Å². The molecular formula is C10H8ClFO2. The van der Waals surface area contributed by atoms with Crippen molar-refractivity contribution >= 4 is 23.6 Å². The lowest BCUT2D eigenvalue weighted by Crippen LogP contribution is -1.95. The Morgan fingerprint density at radius 3 is 2.71 bits per heavy atom. The van der Waals surface area contributed by atoms with Gasteiger partial charge in [-0.05, 0) is 30.7 Å². The quantitative estimate of drug-likeness (QED) is 0.769.